The van der Waals surface area contributed by atoms with Crippen molar-refractivity contribution in [1.29, 1.82) is 0 Å². The number of carbonyl (C=O) groups excluding carboxylic acids is 2. The summed E-state index contributed by atoms with van der Waals surface area (Å²) in [5.74, 6) is -5.49. The molecule has 3 aliphatic heterocycles. The molecule has 0 radical (unpaired) electrons. The maximum Gasteiger partial charge on any atom is 0.343 e. The summed E-state index contributed by atoms with van der Waals surface area (Å²) in [5, 5.41) is 70.1. The van der Waals surface area contributed by atoms with Crippen LogP contribution in [0.25, 0.3) is 0 Å². The summed E-state index contributed by atoms with van der Waals surface area (Å²) in [6.07, 6.45) is -8.90. The van der Waals surface area contributed by atoms with Crippen molar-refractivity contribution in [2.75, 3.05) is 27.8 Å². The first-order chi connectivity index (χ1) is 28.2. The zero-order chi connectivity index (χ0) is 46.5. The molecule has 0 aliphatic carbocycles. The highest BCUT2D eigenvalue weighted by Gasteiger charge is 2.53. The molecule has 17 heteroatoms. The molecule has 0 aromatic heterocycles. The molecule has 0 unspecified atom stereocenters. The third-order valence-corrected chi connectivity index (χ3v) is 13.3. The molecule has 3 heterocycles. The van der Waals surface area contributed by atoms with Crippen LogP contribution >= 0.6 is 0 Å². The first-order valence-corrected chi connectivity index (χ1v) is 21.8. The van der Waals surface area contributed by atoms with Crippen LogP contribution in [0.5, 0.6) is 0 Å². The first kappa shape index (κ1) is 53.1. The molecule has 3 saturated heterocycles. The third-order valence-electron chi connectivity index (χ3n) is 13.3. The summed E-state index contributed by atoms with van der Waals surface area (Å²) in [6, 6.07) is -1.31. The first-order valence-electron chi connectivity index (χ1n) is 21.8. The van der Waals surface area contributed by atoms with Crippen LogP contribution in [0, 0.1) is 23.7 Å². The molecule has 0 amide bonds. The standard InChI is InChI=1S/C44H78N2O15/c1-16-31-44(12,54)36(49)24(5)33(45-21-29(27(8)47)40(52)56-17-2)22(3)19-42(10,53)38(61-41-34(48)30(46(13)14)18-23(4)57-41)25(6)35(26(7)39(51)59-31)60-32-20-43(11,55-15)37(50)28(9)58-32/h21-26,28,30-38,41,47-50,53-54H,16-20H2,1-15H3/b29-27+,45-21?/t22-,23-,24+,25+,26-,28+,30+,31-,32+,33+,34-,35+,36-,37+,38-,41+,42-,43-,44-/m1/s1. The van der Waals surface area contributed by atoms with Gasteiger partial charge in [-0.1, -0.05) is 27.7 Å². The number of aliphatic imine (C=N–C) groups is 1. The summed E-state index contributed by atoms with van der Waals surface area (Å²) < 4.78 is 42.8. The molecule has 3 aliphatic rings. The summed E-state index contributed by atoms with van der Waals surface area (Å²) in [5.41, 5.74) is -5.17. The number of carbonyl (C=O) groups is 2. The van der Waals surface area contributed by atoms with Crippen LogP contribution in [-0.2, 0) is 42.7 Å². The monoisotopic (exact) mass is 875 g/mol. The van der Waals surface area contributed by atoms with Crippen molar-refractivity contribution in [3.05, 3.63) is 11.3 Å². The van der Waals surface area contributed by atoms with Gasteiger partial charge >= 0.3 is 11.9 Å². The summed E-state index contributed by atoms with van der Waals surface area (Å²) in [7, 11) is 5.16. The minimum atomic E-state index is -2.03. The van der Waals surface area contributed by atoms with Gasteiger partial charge in [-0.25, -0.2) is 4.79 Å². The van der Waals surface area contributed by atoms with Crippen molar-refractivity contribution in [2.24, 2.45) is 28.7 Å². The lowest BCUT2D eigenvalue weighted by Gasteiger charge is -2.49. The Morgan fingerprint density at radius 3 is 2.11 bits per heavy atom. The molecular formula is C44H78N2O15. The second kappa shape index (κ2) is 21.6. The van der Waals surface area contributed by atoms with Crippen LogP contribution in [0.4, 0.5) is 0 Å². The molecule has 0 bridgehead atoms. The fraction of sp³-hybridized carbons (Fsp3) is 0.886. The largest absolute Gasteiger partial charge is 0.512 e. The van der Waals surface area contributed by atoms with Gasteiger partial charge in [0.1, 0.15) is 35.2 Å². The SMILES string of the molecule is CCOC(=O)/C(C=N[C@@H]1[C@H](C)[C@@H](O)[C@](C)(O)[C@@H](CC)OC(=O)[C@H](C)[C@@H](O[C@H]2C[C@@](C)(OC)[C@@H](O)[C@H](C)O2)[C@H](C)[C@@H](O[C@@H]2O[C@H](C)C[C@H](N(C)C)[C@H]2O)[C@](C)(O)C[C@H]1C)=C(\C)O. The molecule has 0 aromatic rings. The molecule has 0 spiro atoms. The van der Waals surface area contributed by atoms with E-state index in [0.717, 1.165) is 6.21 Å². The molecule has 0 saturated carbocycles. The van der Waals surface area contributed by atoms with Crippen LogP contribution in [0.15, 0.2) is 16.3 Å². The zero-order valence-corrected chi connectivity index (χ0v) is 39.1. The fourth-order valence-corrected chi connectivity index (χ4v) is 9.54. The van der Waals surface area contributed by atoms with Crippen molar-refractivity contribution >= 4 is 18.2 Å². The van der Waals surface area contributed by atoms with Gasteiger partial charge in [-0.3, -0.25) is 9.79 Å². The smallest absolute Gasteiger partial charge is 0.343 e. The predicted octanol–water partition coefficient (Wildman–Crippen LogP) is 3.05. The highest BCUT2D eigenvalue weighted by atomic mass is 16.7. The minimum absolute atomic E-state index is 0.0389. The van der Waals surface area contributed by atoms with Crippen LogP contribution in [0.2, 0.25) is 0 Å². The van der Waals surface area contributed by atoms with Crippen molar-refractivity contribution in [2.45, 2.75) is 199 Å². The van der Waals surface area contributed by atoms with E-state index in [2.05, 4.69) is 0 Å². The van der Waals surface area contributed by atoms with E-state index in [1.807, 2.05) is 25.9 Å². The van der Waals surface area contributed by atoms with Gasteiger partial charge in [0, 0.05) is 37.6 Å². The number of hydrogen-bond donors (Lipinski definition) is 6. The highest BCUT2D eigenvalue weighted by Crippen LogP contribution is 2.42. The highest BCUT2D eigenvalue weighted by molar-refractivity contribution is 6.09. The lowest BCUT2D eigenvalue weighted by Crippen LogP contribution is -2.61. The second-order valence-corrected chi connectivity index (χ2v) is 18.7. The topological polar surface area (TPSA) is 236 Å². The van der Waals surface area contributed by atoms with E-state index < -0.39 is 114 Å². The van der Waals surface area contributed by atoms with Crippen LogP contribution in [0.1, 0.15) is 109 Å². The molecule has 3 fully saturated rings. The summed E-state index contributed by atoms with van der Waals surface area (Å²) >= 11 is 0. The molecular weight excluding hydrogens is 796 g/mol. The van der Waals surface area contributed by atoms with Crippen molar-refractivity contribution in [3.8, 4) is 0 Å². The van der Waals surface area contributed by atoms with Gasteiger partial charge in [-0.05, 0) is 94.7 Å². The molecule has 19 atom stereocenters. The van der Waals surface area contributed by atoms with E-state index in [-0.39, 0.29) is 49.3 Å². The Labute approximate surface area is 362 Å². The number of hydrogen-bond acceptors (Lipinski definition) is 17. The van der Waals surface area contributed by atoms with Crippen molar-refractivity contribution in [3.63, 3.8) is 0 Å². The average molecular weight is 875 g/mol. The number of nitrogens with zero attached hydrogens (tertiary/aromatic N) is 2. The Morgan fingerprint density at radius 2 is 1.57 bits per heavy atom. The molecule has 0 aromatic carbocycles. The third kappa shape index (κ3) is 12.3. The number of ether oxygens (including phenoxy) is 7. The lowest BCUT2D eigenvalue weighted by molar-refractivity contribution is -0.318. The van der Waals surface area contributed by atoms with Crippen LogP contribution in [-0.4, -0.2) is 172 Å². The Kier molecular flexibility index (Phi) is 18.8. The number of likely N-dealkylation sites (N-methyl/N-ethyl adjacent to an activating group) is 1. The normalized spacial score (nSPS) is 45.2. The van der Waals surface area contributed by atoms with Gasteiger partial charge in [0.05, 0.1) is 60.3 Å². The number of aliphatic hydroxyl groups excluding tert-OH is 4. The summed E-state index contributed by atoms with van der Waals surface area (Å²) in [6.45, 7) is 19.7. The van der Waals surface area contributed by atoms with Gasteiger partial charge in [-0.2, -0.15) is 0 Å². The average Bonchev–Trinajstić information content (AvgIpc) is 3.17. The Morgan fingerprint density at radius 1 is 0.951 bits per heavy atom. The van der Waals surface area contributed by atoms with Gasteiger partial charge in [0.15, 0.2) is 12.6 Å². The van der Waals surface area contributed by atoms with Gasteiger partial charge in [0.2, 0.25) is 0 Å². The number of esters is 2. The van der Waals surface area contributed by atoms with Gasteiger partial charge < -0.3 is 68.7 Å². The second-order valence-electron chi connectivity index (χ2n) is 18.7. The minimum Gasteiger partial charge on any atom is -0.512 e. The maximum absolute atomic E-state index is 14.4. The summed E-state index contributed by atoms with van der Waals surface area (Å²) in [4.78, 5) is 33.9. The van der Waals surface area contributed by atoms with E-state index in [0.29, 0.717) is 6.42 Å². The fourth-order valence-electron chi connectivity index (χ4n) is 9.54. The Bertz CT molecular complexity index is 1500. The molecule has 3 rings (SSSR count). The number of allylic oxidation sites excluding steroid dienone is 1. The molecule has 6 N–H and O–H groups in total. The Hall–Kier alpha value is -2.29. The van der Waals surface area contributed by atoms with E-state index >= 15 is 0 Å². The number of rotatable bonds is 11. The molecule has 17 nitrogen and oxygen atoms in total. The van der Waals surface area contributed by atoms with Gasteiger partial charge in [-0.15, -0.1) is 0 Å². The number of aliphatic hydroxyl groups is 6. The van der Waals surface area contributed by atoms with E-state index in [4.69, 9.17) is 38.2 Å². The maximum atomic E-state index is 14.4. The van der Waals surface area contributed by atoms with Crippen molar-refractivity contribution in [1.82, 2.24) is 4.90 Å². The van der Waals surface area contributed by atoms with E-state index in [1.54, 1.807) is 62.3 Å². The lowest BCUT2D eigenvalue weighted by atomic mass is 9.72. The van der Waals surface area contributed by atoms with Gasteiger partial charge in [0.25, 0.3) is 0 Å². The molecule has 354 valence electrons. The van der Waals surface area contributed by atoms with Crippen LogP contribution < -0.4 is 0 Å². The molecule has 61 heavy (non-hydrogen) atoms. The number of methoxy groups -OCH3 is 1. The van der Waals surface area contributed by atoms with E-state index in [9.17, 15) is 40.2 Å². The quantitative estimate of drug-likeness (QED) is 0.0758. The number of cyclic esters (lactones) is 1. The predicted molar refractivity (Wildman–Crippen MR) is 225 cm³/mol. The Balaban J connectivity index is 2.30. The van der Waals surface area contributed by atoms with E-state index in [1.165, 1.54) is 21.0 Å². The van der Waals surface area contributed by atoms with Crippen LogP contribution in [0.3, 0.4) is 0 Å². The zero-order valence-electron chi connectivity index (χ0n) is 39.1. The van der Waals surface area contributed by atoms with Crippen molar-refractivity contribution < 1.29 is 73.4 Å².